The Kier molecular flexibility index (Phi) is 6.02. The first-order valence-corrected chi connectivity index (χ1v) is 7.07. The summed E-state index contributed by atoms with van der Waals surface area (Å²) in [6.45, 7) is 6.99. The lowest BCUT2D eigenvalue weighted by molar-refractivity contribution is -0.150. The molecule has 1 aromatic carbocycles. The molecule has 1 aromatic rings. The Hall–Kier alpha value is -1.55. The first-order valence-electron chi connectivity index (χ1n) is 7.07. The van der Waals surface area contributed by atoms with Crippen molar-refractivity contribution >= 4 is 11.7 Å². The van der Waals surface area contributed by atoms with Gasteiger partial charge in [-0.1, -0.05) is 18.2 Å². The number of esters is 1. The number of rotatable bonds is 7. The highest BCUT2D eigenvalue weighted by atomic mass is 16.5. The lowest BCUT2D eigenvalue weighted by Crippen LogP contribution is -2.50. The van der Waals surface area contributed by atoms with Crippen LogP contribution in [0.3, 0.4) is 0 Å². The fraction of sp³-hybridized carbons (Fsp3) is 0.562. The number of aryl methyl sites for hydroxylation is 1. The molecule has 0 aromatic heterocycles. The Morgan fingerprint density at radius 2 is 2.05 bits per heavy atom. The van der Waals surface area contributed by atoms with E-state index in [-0.39, 0.29) is 5.97 Å². The molecule has 0 saturated heterocycles. The number of para-hydroxylation sites is 1. The standard InChI is InChI=1S/C16H26N2O2/c1-6-20-15(19)16(3,17-4)11-12-18(5)14-10-8-7-9-13(14)2/h7-10,17H,6,11-12H2,1-5H3. The summed E-state index contributed by atoms with van der Waals surface area (Å²) >= 11 is 0. The molecule has 1 unspecified atom stereocenters. The third-order valence-corrected chi connectivity index (χ3v) is 3.75. The van der Waals surface area contributed by atoms with Gasteiger partial charge in [-0.25, -0.2) is 0 Å². The molecule has 20 heavy (non-hydrogen) atoms. The van der Waals surface area contributed by atoms with E-state index in [2.05, 4.69) is 29.3 Å². The molecule has 1 atom stereocenters. The number of anilines is 1. The van der Waals surface area contributed by atoms with Crippen LogP contribution in [0.15, 0.2) is 24.3 Å². The van der Waals surface area contributed by atoms with Gasteiger partial charge in [-0.2, -0.15) is 0 Å². The van der Waals surface area contributed by atoms with Gasteiger partial charge in [-0.3, -0.25) is 4.79 Å². The minimum absolute atomic E-state index is 0.194. The Morgan fingerprint density at radius 3 is 2.60 bits per heavy atom. The number of carbonyl (C=O) groups excluding carboxylic acids is 1. The Balaban J connectivity index is 2.69. The summed E-state index contributed by atoms with van der Waals surface area (Å²) in [6.07, 6.45) is 0.688. The molecule has 0 spiro atoms. The molecular weight excluding hydrogens is 252 g/mol. The molecule has 0 fully saturated rings. The van der Waals surface area contributed by atoms with Crippen molar-refractivity contribution < 1.29 is 9.53 Å². The number of hydrogen-bond donors (Lipinski definition) is 1. The van der Waals surface area contributed by atoms with Crippen molar-refractivity contribution in [1.82, 2.24) is 5.32 Å². The Bertz CT molecular complexity index is 448. The first kappa shape index (κ1) is 16.5. The molecule has 1 rings (SSSR count). The van der Waals surface area contributed by atoms with E-state index < -0.39 is 5.54 Å². The monoisotopic (exact) mass is 278 g/mol. The lowest BCUT2D eigenvalue weighted by atomic mass is 9.97. The predicted molar refractivity (Wildman–Crippen MR) is 83.2 cm³/mol. The molecule has 0 heterocycles. The van der Waals surface area contributed by atoms with E-state index in [0.717, 1.165) is 6.54 Å². The van der Waals surface area contributed by atoms with Crippen molar-refractivity contribution in [2.45, 2.75) is 32.7 Å². The average Bonchev–Trinajstić information content (AvgIpc) is 2.45. The second-order valence-corrected chi connectivity index (χ2v) is 5.26. The third-order valence-electron chi connectivity index (χ3n) is 3.75. The van der Waals surface area contributed by atoms with Crippen LogP contribution in [0.1, 0.15) is 25.8 Å². The van der Waals surface area contributed by atoms with Crippen LogP contribution in [0.2, 0.25) is 0 Å². The largest absolute Gasteiger partial charge is 0.465 e. The molecule has 0 amide bonds. The molecule has 0 aliphatic heterocycles. The SMILES string of the molecule is CCOC(=O)C(C)(CCN(C)c1ccccc1C)NC. The molecule has 4 heteroatoms. The van der Waals surface area contributed by atoms with Crippen molar-refractivity contribution in [3.05, 3.63) is 29.8 Å². The maximum absolute atomic E-state index is 12.0. The van der Waals surface area contributed by atoms with Crippen LogP contribution in [0, 0.1) is 6.92 Å². The van der Waals surface area contributed by atoms with Crippen molar-refractivity contribution in [1.29, 1.82) is 0 Å². The second kappa shape index (κ2) is 7.29. The van der Waals surface area contributed by atoms with Crippen LogP contribution in [0.4, 0.5) is 5.69 Å². The number of nitrogens with zero attached hydrogens (tertiary/aromatic N) is 1. The highest BCUT2D eigenvalue weighted by molar-refractivity contribution is 5.80. The topological polar surface area (TPSA) is 41.6 Å². The van der Waals surface area contributed by atoms with Gasteiger partial charge in [-0.05, 0) is 45.9 Å². The van der Waals surface area contributed by atoms with Gasteiger partial charge in [0, 0.05) is 19.3 Å². The number of likely N-dealkylation sites (N-methyl/N-ethyl adjacent to an activating group) is 1. The smallest absolute Gasteiger partial charge is 0.326 e. The summed E-state index contributed by atoms with van der Waals surface area (Å²) in [7, 11) is 3.84. The fourth-order valence-electron chi connectivity index (χ4n) is 2.12. The second-order valence-electron chi connectivity index (χ2n) is 5.26. The zero-order valence-electron chi connectivity index (χ0n) is 13.2. The lowest BCUT2D eigenvalue weighted by Gasteiger charge is -2.30. The number of carbonyl (C=O) groups is 1. The van der Waals surface area contributed by atoms with Crippen LogP contribution in [-0.2, 0) is 9.53 Å². The predicted octanol–water partition coefficient (Wildman–Crippen LogP) is 2.36. The first-order chi connectivity index (χ1) is 9.44. The van der Waals surface area contributed by atoms with E-state index >= 15 is 0 Å². The molecule has 0 saturated carbocycles. The average molecular weight is 278 g/mol. The van der Waals surface area contributed by atoms with Crippen LogP contribution < -0.4 is 10.2 Å². The summed E-state index contributed by atoms with van der Waals surface area (Å²) in [5, 5.41) is 3.08. The molecule has 0 radical (unpaired) electrons. The van der Waals surface area contributed by atoms with Gasteiger partial charge in [0.15, 0.2) is 0 Å². The van der Waals surface area contributed by atoms with Gasteiger partial charge >= 0.3 is 5.97 Å². The summed E-state index contributed by atoms with van der Waals surface area (Å²) in [5.74, 6) is -0.194. The highest BCUT2D eigenvalue weighted by Gasteiger charge is 2.32. The maximum Gasteiger partial charge on any atom is 0.326 e. The van der Waals surface area contributed by atoms with Gasteiger partial charge in [0.25, 0.3) is 0 Å². The summed E-state index contributed by atoms with van der Waals surface area (Å²) in [6, 6.07) is 8.25. The fourth-order valence-corrected chi connectivity index (χ4v) is 2.12. The molecular formula is C16H26N2O2. The molecule has 1 N–H and O–H groups in total. The number of nitrogens with one attached hydrogen (secondary N) is 1. The van der Waals surface area contributed by atoms with Crippen LogP contribution >= 0.6 is 0 Å². The maximum atomic E-state index is 12.0. The third kappa shape index (κ3) is 3.97. The van der Waals surface area contributed by atoms with E-state index in [9.17, 15) is 4.79 Å². The zero-order chi connectivity index (χ0) is 15.2. The van der Waals surface area contributed by atoms with Crippen LogP contribution in [-0.4, -0.2) is 38.8 Å². The van der Waals surface area contributed by atoms with Crippen LogP contribution in [0.5, 0.6) is 0 Å². The molecule has 0 aliphatic carbocycles. The Morgan fingerprint density at radius 1 is 1.40 bits per heavy atom. The van der Waals surface area contributed by atoms with E-state index in [1.807, 2.05) is 33.0 Å². The Labute approximate surface area is 122 Å². The van der Waals surface area contributed by atoms with E-state index in [1.165, 1.54) is 11.3 Å². The van der Waals surface area contributed by atoms with Gasteiger partial charge < -0.3 is 15.0 Å². The van der Waals surface area contributed by atoms with Crippen LogP contribution in [0.25, 0.3) is 0 Å². The van der Waals surface area contributed by atoms with E-state index in [0.29, 0.717) is 13.0 Å². The quantitative estimate of drug-likeness (QED) is 0.778. The zero-order valence-corrected chi connectivity index (χ0v) is 13.2. The van der Waals surface area contributed by atoms with Crippen molar-refractivity contribution in [2.24, 2.45) is 0 Å². The number of ether oxygens (including phenoxy) is 1. The van der Waals surface area contributed by atoms with Crippen molar-refractivity contribution in [3.8, 4) is 0 Å². The minimum Gasteiger partial charge on any atom is -0.465 e. The normalized spacial score (nSPS) is 13.7. The molecule has 0 aliphatic rings. The molecule has 4 nitrogen and oxygen atoms in total. The van der Waals surface area contributed by atoms with Gasteiger partial charge in [0.05, 0.1) is 6.61 Å². The summed E-state index contributed by atoms with van der Waals surface area (Å²) in [5.41, 5.74) is 1.78. The molecule has 112 valence electrons. The number of benzene rings is 1. The van der Waals surface area contributed by atoms with E-state index in [1.54, 1.807) is 7.05 Å². The van der Waals surface area contributed by atoms with Gasteiger partial charge in [0.2, 0.25) is 0 Å². The minimum atomic E-state index is -0.646. The summed E-state index contributed by atoms with van der Waals surface area (Å²) in [4.78, 5) is 14.2. The van der Waals surface area contributed by atoms with Gasteiger partial charge in [-0.15, -0.1) is 0 Å². The van der Waals surface area contributed by atoms with Gasteiger partial charge in [0.1, 0.15) is 5.54 Å². The highest BCUT2D eigenvalue weighted by Crippen LogP contribution is 2.20. The number of hydrogen-bond acceptors (Lipinski definition) is 4. The molecule has 0 bridgehead atoms. The van der Waals surface area contributed by atoms with E-state index in [4.69, 9.17) is 4.74 Å². The van der Waals surface area contributed by atoms with Crippen molar-refractivity contribution in [3.63, 3.8) is 0 Å². The summed E-state index contributed by atoms with van der Waals surface area (Å²) < 4.78 is 5.14. The van der Waals surface area contributed by atoms with Crippen molar-refractivity contribution in [2.75, 3.05) is 32.1 Å².